The molecule has 18 heteroatoms. The Morgan fingerprint density at radius 3 is 1.89 bits per heavy atom. The van der Waals surface area contributed by atoms with Crippen LogP contribution < -0.4 is 0 Å². The van der Waals surface area contributed by atoms with Crippen molar-refractivity contribution in [3.63, 3.8) is 0 Å². The van der Waals surface area contributed by atoms with Crippen LogP contribution in [0.4, 0.5) is 0 Å². The summed E-state index contributed by atoms with van der Waals surface area (Å²) in [5.74, 6) is -1.59. The van der Waals surface area contributed by atoms with Crippen molar-refractivity contribution in [3.05, 3.63) is 48.6 Å². The lowest BCUT2D eigenvalue weighted by atomic mass is 9.88. The van der Waals surface area contributed by atoms with Crippen LogP contribution in [0.5, 0.6) is 0 Å². The van der Waals surface area contributed by atoms with Gasteiger partial charge in [0.25, 0.3) is 0 Å². The maximum atomic E-state index is 12.7. The molecule has 1 unspecified atom stereocenters. The summed E-state index contributed by atoms with van der Waals surface area (Å²) in [6.45, 7) is 1.34. The van der Waals surface area contributed by atoms with E-state index in [1.54, 1.807) is 6.08 Å². The Hall–Kier alpha value is -2.04. The normalized spacial score (nSPS) is 21.0. The second kappa shape index (κ2) is 35.2. The van der Waals surface area contributed by atoms with Crippen LogP contribution in [-0.4, -0.2) is 104 Å². The van der Waals surface area contributed by atoms with Gasteiger partial charge in [0.2, 0.25) is 0 Å². The second-order valence-electron chi connectivity index (χ2n) is 15.9. The molecule has 62 heavy (non-hydrogen) atoms. The summed E-state index contributed by atoms with van der Waals surface area (Å²) >= 11 is 0. The van der Waals surface area contributed by atoms with E-state index in [9.17, 15) is 44.0 Å². The molecule has 8 atom stereocenters. The van der Waals surface area contributed by atoms with Gasteiger partial charge in [-0.25, -0.2) is 9.13 Å². The van der Waals surface area contributed by atoms with Crippen molar-refractivity contribution >= 4 is 27.6 Å². The number of carbonyl (C=O) groups is 2. The van der Waals surface area contributed by atoms with Crippen molar-refractivity contribution < 1.29 is 76.9 Å². The van der Waals surface area contributed by atoms with E-state index in [1.807, 2.05) is 12.2 Å². The van der Waals surface area contributed by atoms with Crippen molar-refractivity contribution in [2.24, 2.45) is 11.8 Å². The summed E-state index contributed by atoms with van der Waals surface area (Å²) in [6.07, 6.45) is 27.4. The van der Waals surface area contributed by atoms with Gasteiger partial charge in [0.05, 0.1) is 38.1 Å². The molecule has 1 saturated carbocycles. The van der Waals surface area contributed by atoms with Gasteiger partial charge in [-0.2, -0.15) is 0 Å². The maximum absolute atomic E-state index is 12.7. The Labute approximate surface area is 369 Å². The zero-order chi connectivity index (χ0) is 46.1. The van der Waals surface area contributed by atoms with Crippen molar-refractivity contribution in [3.8, 4) is 0 Å². The number of allylic oxidation sites excluding steroid dienone is 6. The molecule has 1 fully saturated rings. The SMILES string of the molecule is CCCCC/C=C\C/C=C\C/C=C\CCCCC(=O)O[C@H](COC(=O)CCCCCC[C@@H]1[C@@H](/C=C/[C@@H](O)CCCCC)[C@H](O)C[C@@H]1O)COP(=O)(O)OC[C@@H](O)COP(=O)(O)O. The highest BCUT2D eigenvalue weighted by molar-refractivity contribution is 7.47. The van der Waals surface area contributed by atoms with E-state index in [-0.39, 0.29) is 31.1 Å². The van der Waals surface area contributed by atoms with Crippen LogP contribution in [0.3, 0.4) is 0 Å². The summed E-state index contributed by atoms with van der Waals surface area (Å²) in [5.41, 5.74) is 0. The fourth-order valence-corrected chi connectivity index (χ4v) is 7.96. The number of aliphatic hydroxyl groups is 4. The molecule has 1 aliphatic rings. The average molecular weight is 925 g/mol. The fourth-order valence-electron chi connectivity index (χ4n) is 6.80. The van der Waals surface area contributed by atoms with E-state index in [0.717, 1.165) is 57.8 Å². The zero-order valence-corrected chi connectivity index (χ0v) is 38.8. The summed E-state index contributed by atoms with van der Waals surface area (Å²) in [5, 5.41) is 41.1. The monoisotopic (exact) mass is 924 g/mol. The first-order chi connectivity index (χ1) is 29.6. The Balaban J connectivity index is 2.56. The van der Waals surface area contributed by atoms with Gasteiger partial charge in [0.1, 0.15) is 12.7 Å². The summed E-state index contributed by atoms with van der Waals surface area (Å²) < 4.78 is 47.8. The van der Waals surface area contributed by atoms with Crippen LogP contribution in [0.25, 0.3) is 0 Å². The van der Waals surface area contributed by atoms with Gasteiger partial charge in [0, 0.05) is 25.2 Å². The molecule has 1 rings (SSSR count). The van der Waals surface area contributed by atoms with Crippen molar-refractivity contribution in [1.82, 2.24) is 0 Å². The third kappa shape index (κ3) is 31.7. The minimum atomic E-state index is -4.90. The van der Waals surface area contributed by atoms with Crippen molar-refractivity contribution in [1.29, 1.82) is 0 Å². The number of phosphoric acid groups is 2. The average Bonchev–Trinajstić information content (AvgIpc) is 3.49. The Morgan fingerprint density at radius 2 is 1.23 bits per heavy atom. The van der Waals surface area contributed by atoms with Gasteiger partial charge < -0.3 is 44.6 Å². The molecule has 0 bridgehead atoms. The van der Waals surface area contributed by atoms with Crippen LogP contribution in [0.1, 0.15) is 149 Å². The third-order valence-corrected chi connectivity index (χ3v) is 11.7. The largest absolute Gasteiger partial charge is 0.472 e. The predicted molar refractivity (Wildman–Crippen MR) is 236 cm³/mol. The lowest BCUT2D eigenvalue weighted by molar-refractivity contribution is -0.161. The van der Waals surface area contributed by atoms with Gasteiger partial charge >= 0.3 is 27.6 Å². The summed E-state index contributed by atoms with van der Waals surface area (Å²) in [6, 6.07) is 0. The third-order valence-electron chi connectivity index (χ3n) is 10.3. The lowest BCUT2D eigenvalue weighted by Crippen LogP contribution is -2.30. The van der Waals surface area contributed by atoms with Crippen LogP contribution >= 0.6 is 15.6 Å². The maximum Gasteiger partial charge on any atom is 0.472 e. The quantitative estimate of drug-likeness (QED) is 0.0135. The van der Waals surface area contributed by atoms with Crippen molar-refractivity contribution in [2.45, 2.75) is 179 Å². The number of ether oxygens (including phenoxy) is 2. The molecule has 360 valence electrons. The van der Waals surface area contributed by atoms with E-state index < -0.39 is 84.5 Å². The molecule has 0 aromatic carbocycles. The highest BCUT2D eigenvalue weighted by Crippen LogP contribution is 2.44. The fraction of sp³-hybridized carbons (Fsp3) is 0.773. The van der Waals surface area contributed by atoms with E-state index in [1.165, 1.54) is 19.3 Å². The number of phosphoric ester groups is 2. The molecule has 0 amide bonds. The lowest BCUT2D eigenvalue weighted by Gasteiger charge is -2.21. The van der Waals surface area contributed by atoms with E-state index in [0.29, 0.717) is 38.5 Å². The minimum Gasteiger partial charge on any atom is -0.462 e. The molecule has 16 nitrogen and oxygen atoms in total. The summed E-state index contributed by atoms with van der Waals surface area (Å²) in [7, 11) is -9.77. The molecule has 1 aliphatic carbocycles. The van der Waals surface area contributed by atoms with Crippen molar-refractivity contribution in [2.75, 3.05) is 26.4 Å². The number of rotatable bonds is 38. The Bertz CT molecular complexity index is 1400. The molecular formula is C44H78O16P2. The molecule has 0 aromatic rings. The van der Waals surface area contributed by atoms with Crippen LogP contribution in [-0.2, 0) is 41.8 Å². The second-order valence-corrected chi connectivity index (χ2v) is 18.6. The minimum absolute atomic E-state index is 0.0384. The standard InChI is InChI=1S/C44H78O16P2/c1-3-5-7-8-9-10-11-12-13-14-15-16-17-18-24-28-44(50)60-38(35-59-62(54,55)58-33-37(46)32-57-61(51,52)53)34-56-43(49)27-23-20-19-22-26-39-40(42(48)31-41(39)47)30-29-36(45)25-21-6-4-2/h9-10,12-13,15-16,29-30,36-42,45-48H,3-8,11,14,17-28,31-35H2,1-2H3,(H,54,55)(H2,51,52,53)/b10-9-,13-12-,16-15-,30-29+/t36-,37-,38+,39+,40+,41-,42+/m0/s1. The molecule has 0 aliphatic heterocycles. The molecule has 0 spiro atoms. The van der Waals surface area contributed by atoms with Gasteiger partial charge in [-0.3, -0.25) is 23.2 Å². The highest BCUT2D eigenvalue weighted by atomic mass is 31.2. The van der Waals surface area contributed by atoms with Gasteiger partial charge in [-0.1, -0.05) is 114 Å². The van der Waals surface area contributed by atoms with Crippen LogP contribution in [0.2, 0.25) is 0 Å². The number of carbonyl (C=O) groups excluding carboxylic acids is 2. The molecule has 7 N–H and O–H groups in total. The first kappa shape index (κ1) is 58.0. The first-order valence-electron chi connectivity index (χ1n) is 22.6. The van der Waals surface area contributed by atoms with E-state index in [2.05, 4.69) is 53.3 Å². The van der Waals surface area contributed by atoms with Gasteiger partial charge in [-0.05, 0) is 70.1 Å². The Morgan fingerprint density at radius 1 is 0.661 bits per heavy atom. The zero-order valence-electron chi connectivity index (χ0n) is 37.0. The Kier molecular flexibility index (Phi) is 33.0. The number of aliphatic hydroxyl groups excluding tert-OH is 4. The number of hydrogen-bond acceptors (Lipinski definition) is 13. The topological polar surface area (TPSA) is 256 Å². The van der Waals surface area contributed by atoms with E-state index in [4.69, 9.17) is 23.8 Å². The molecule has 0 aromatic heterocycles. The predicted octanol–water partition coefficient (Wildman–Crippen LogP) is 7.83. The van der Waals surface area contributed by atoms with Gasteiger partial charge in [0.15, 0.2) is 6.10 Å². The smallest absolute Gasteiger partial charge is 0.462 e. The van der Waals surface area contributed by atoms with Gasteiger partial charge in [-0.15, -0.1) is 0 Å². The molecular weight excluding hydrogens is 846 g/mol. The first-order valence-corrected chi connectivity index (χ1v) is 25.6. The molecule has 0 saturated heterocycles. The highest BCUT2D eigenvalue weighted by Gasteiger charge is 2.39. The van der Waals surface area contributed by atoms with E-state index >= 15 is 0 Å². The molecule has 0 radical (unpaired) electrons. The van der Waals surface area contributed by atoms with Crippen LogP contribution in [0, 0.1) is 11.8 Å². The van der Waals surface area contributed by atoms with Crippen LogP contribution in [0.15, 0.2) is 48.6 Å². The summed E-state index contributed by atoms with van der Waals surface area (Å²) in [4.78, 5) is 52.9. The number of hydrogen-bond donors (Lipinski definition) is 7. The molecule has 0 heterocycles. The number of unbranched alkanes of at least 4 members (excludes halogenated alkanes) is 10. The number of esters is 2.